The Bertz CT molecular complexity index is 837. The molecule has 2 aliphatic rings. The van der Waals surface area contributed by atoms with Crippen molar-refractivity contribution in [3.05, 3.63) is 54.6 Å². The molecule has 2 aromatic carbocycles. The Kier molecular flexibility index (Phi) is 4.58. The minimum atomic E-state index is -0.781. The standard InChI is InChI=1S/C21H22N2O4/c1-3-7-17-18-19(27-23(17)15-8-5-4-6-9-15)21(25)22(20(18)24)14-10-12-16(26-2)13-11-14/h4-6,8-13,17-19H,3,7H2,1-2H3/t17-,18-,19-/m1/s1. The fourth-order valence-corrected chi connectivity index (χ4v) is 3.90. The summed E-state index contributed by atoms with van der Waals surface area (Å²) in [5.41, 5.74) is 1.41. The quantitative estimate of drug-likeness (QED) is 0.761. The van der Waals surface area contributed by atoms with Crippen molar-refractivity contribution in [3.8, 4) is 5.75 Å². The van der Waals surface area contributed by atoms with E-state index in [1.165, 1.54) is 4.90 Å². The number of fused-ring (bicyclic) bond motifs is 1. The summed E-state index contributed by atoms with van der Waals surface area (Å²) in [4.78, 5) is 33.4. The van der Waals surface area contributed by atoms with Crippen LogP contribution >= 0.6 is 0 Å². The Labute approximate surface area is 158 Å². The first-order chi connectivity index (χ1) is 13.2. The largest absolute Gasteiger partial charge is 0.497 e. The summed E-state index contributed by atoms with van der Waals surface area (Å²) in [5.74, 6) is -0.338. The molecule has 2 aliphatic heterocycles. The maximum absolute atomic E-state index is 13.2. The van der Waals surface area contributed by atoms with Crippen LogP contribution in [0.2, 0.25) is 0 Å². The van der Waals surface area contributed by atoms with Crippen molar-refractivity contribution in [2.24, 2.45) is 5.92 Å². The SMILES string of the molecule is CCC[C@@H]1[C@H]2C(=O)N(c3ccc(OC)cc3)C(=O)[C@@H]2ON1c1ccccc1. The van der Waals surface area contributed by atoms with E-state index in [1.54, 1.807) is 36.4 Å². The zero-order valence-electron chi connectivity index (χ0n) is 15.4. The molecule has 0 aromatic heterocycles. The Morgan fingerprint density at radius 2 is 1.67 bits per heavy atom. The average Bonchev–Trinajstić information content (AvgIpc) is 3.19. The number of anilines is 2. The van der Waals surface area contributed by atoms with E-state index >= 15 is 0 Å². The molecule has 0 aliphatic carbocycles. The summed E-state index contributed by atoms with van der Waals surface area (Å²) in [6.45, 7) is 2.07. The molecule has 3 atom stereocenters. The topological polar surface area (TPSA) is 59.1 Å². The molecule has 0 spiro atoms. The molecule has 0 radical (unpaired) electrons. The number of hydroxylamine groups is 1. The minimum Gasteiger partial charge on any atom is -0.497 e. The number of nitrogens with zero attached hydrogens (tertiary/aromatic N) is 2. The zero-order valence-corrected chi connectivity index (χ0v) is 15.4. The smallest absolute Gasteiger partial charge is 0.266 e. The second-order valence-electron chi connectivity index (χ2n) is 6.78. The highest BCUT2D eigenvalue weighted by Gasteiger charge is 2.59. The molecule has 0 unspecified atom stereocenters. The van der Waals surface area contributed by atoms with Crippen molar-refractivity contribution >= 4 is 23.2 Å². The van der Waals surface area contributed by atoms with Gasteiger partial charge in [0.1, 0.15) is 5.75 Å². The van der Waals surface area contributed by atoms with Gasteiger partial charge in [0.2, 0.25) is 5.91 Å². The Hall–Kier alpha value is -2.86. The van der Waals surface area contributed by atoms with Crippen molar-refractivity contribution in [1.29, 1.82) is 0 Å². The number of methoxy groups -OCH3 is 1. The van der Waals surface area contributed by atoms with Crippen LogP contribution in [0.15, 0.2) is 54.6 Å². The van der Waals surface area contributed by atoms with Crippen LogP contribution in [-0.2, 0) is 14.4 Å². The molecule has 4 rings (SSSR count). The number of ether oxygens (including phenoxy) is 1. The highest BCUT2D eigenvalue weighted by Crippen LogP contribution is 2.41. The van der Waals surface area contributed by atoms with E-state index in [2.05, 4.69) is 6.92 Å². The number of amides is 2. The highest BCUT2D eigenvalue weighted by molar-refractivity contribution is 6.23. The van der Waals surface area contributed by atoms with Gasteiger partial charge in [0.25, 0.3) is 5.91 Å². The first kappa shape index (κ1) is 17.5. The van der Waals surface area contributed by atoms with Gasteiger partial charge in [-0.2, -0.15) is 0 Å². The average molecular weight is 366 g/mol. The van der Waals surface area contributed by atoms with E-state index in [4.69, 9.17) is 9.57 Å². The summed E-state index contributed by atoms with van der Waals surface area (Å²) in [6, 6.07) is 16.4. The highest BCUT2D eigenvalue weighted by atomic mass is 16.7. The molecular weight excluding hydrogens is 344 g/mol. The van der Waals surface area contributed by atoms with E-state index in [0.29, 0.717) is 11.4 Å². The molecule has 0 bridgehead atoms. The van der Waals surface area contributed by atoms with Gasteiger partial charge in [0, 0.05) is 0 Å². The van der Waals surface area contributed by atoms with Gasteiger partial charge in [-0.25, -0.2) is 9.96 Å². The third-order valence-corrected chi connectivity index (χ3v) is 5.16. The summed E-state index contributed by atoms with van der Waals surface area (Å²) in [6.07, 6.45) is 0.882. The van der Waals surface area contributed by atoms with Gasteiger partial charge in [0.15, 0.2) is 6.10 Å². The van der Waals surface area contributed by atoms with Crippen LogP contribution in [0.1, 0.15) is 19.8 Å². The van der Waals surface area contributed by atoms with Crippen molar-refractivity contribution in [1.82, 2.24) is 0 Å². The summed E-state index contributed by atoms with van der Waals surface area (Å²) < 4.78 is 5.15. The monoisotopic (exact) mass is 366 g/mol. The van der Waals surface area contributed by atoms with Crippen LogP contribution < -0.4 is 14.7 Å². The lowest BCUT2D eigenvalue weighted by molar-refractivity contribution is -0.126. The van der Waals surface area contributed by atoms with E-state index in [0.717, 1.165) is 18.5 Å². The maximum atomic E-state index is 13.2. The molecule has 2 aromatic rings. The Morgan fingerprint density at radius 1 is 0.963 bits per heavy atom. The van der Waals surface area contributed by atoms with Crippen LogP contribution in [-0.4, -0.2) is 31.1 Å². The molecular formula is C21H22N2O4. The number of carbonyl (C=O) groups excluding carboxylic acids is 2. The lowest BCUT2D eigenvalue weighted by Gasteiger charge is -2.28. The van der Waals surface area contributed by atoms with Crippen LogP contribution in [0, 0.1) is 5.92 Å². The predicted octanol–water partition coefficient (Wildman–Crippen LogP) is 3.17. The van der Waals surface area contributed by atoms with E-state index in [-0.39, 0.29) is 17.9 Å². The Morgan fingerprint density at radius 3 is 2.30 bits per heavy atom. The minimum absolute atomic E-state index is 0.165. The summed E-state index contributed by atoms with van der Waals surface area (Å²) >= 11 is 0. The van der Waals surface area contributed by atoms with Crippen LogP contribution in [0.25, 0.3) is 0 Å². The van der Waals surface area contributed by atoms with Crippen molar-refractivity contribution < 1.29 is 19.2 Å². The number of carbonyl (C=O) groups is 2. The van der Waals surface area contributed by atoms with Gasteiger partial charge >= 0.3 is 0 Å². The lowest BCUT2D eigenvalue weighted by atomic mass is 9.93. The predicted molar refractivity (Wildman–Crippen MR) is 101 cm³/mol. The Balaban J connectivity index is 1.65. The second kappa shape index (κ2) is 7.04. The van der Waals surface area contributed by atoms with Crippen LogP contribution in [0.3, 0.4) is 0 Å². The molecule has 6 heteroatoms. The van der Waals surface area contributed by atoms with Gasteiger partial charge in [-0.1, -0.05) is 31.5 Å². The van der Waals surface area contributed by atoms with Crippen molar-refractivity contribution in [2.75, 3.05) is 17.1 Å². The molecule has 2 amide bonds. The molecule has 2 saturated heterocycles. The fourth-order valence-electron chi connectivity index (χ4n) is 3.90. The van der Waals surface area contributed by atoms with Crippen molar-refractivity contribution in [3.63, 3.8) is 0 Å². The van der Waals surface area contributed by atoms with Crippen LogP contribution in [0.5, 0.6) is 5.75 Å². The van der Waals surface area contributed by atoms with Gasteiger partial charge < -0.3 is 4.74 Å². The number of para-hydroxylation sites is 1. The maximum Gasteiger partial charge on any atom is 0.266 e. The molecule has 2 heterocycles. The number of imide groups is 1. The summed E-state index contributed by atoms with van der Waals surface area (Å²) in [7, 11) is 1.58. The molecule has 0 saturated carbocycles. The van der Waals surface area contributed by atoms with Gasteiger partial charge in [0.05, 0.1) is 30.4 Å². The van der Waals surface area contributed by atoms with E-state index in [9.17, 15) is 9.59 Å². The zero-order chi connectivity index (χ0) is 19.0. The molecule has 27 heavy (non-hydrogen) atoms. The molecule has 2 fully saturated rings. The number of rotatable bonds is 5. The molecule has 0 N–H and O–H groups in total. The van der Waals surface area contributed by atoms with Gasteiger partial charge in [-0.15, -0.1) is 0 Å². The third-order valence-electron chi connectivity index (χ3n) is 5.16. The van der Waals surface area contributed by atoms with Gasteiger partial charge in [-0.05, 0) is 42.8 Å². The third kappa shape index (κ3) is 2.86. The van der Waals surface area contributed by atoms with E-state index in [1.807, 2.05) is 30.3 Å². The second-order valence-corrected chi connectivity index (χ2v) is 6.78. The van der Waals surface area contributed by atoms with Crippen LogP contribution in [0.4, 0.5) is 11.4 Å². The summed E-state index contributed by atoms with van der Waals surface area (Å²) in [5, 5.41) is 1.75. The molecule has 140 valence electrons. The first-order valence-electron chi connectivity index (χ1n) is 9.18. The van der Waals surface area contributed by atoms with Gasteiger partial charge in [-0.3, -0.25) is 14.4 Å². The lowest BCUT2D eigenvalue weighted by Crippen LogP contribution is -2.40. The van der Waals surface area contributed by atoms with E-state index < -0.39 is 12.0 Å². The first-order valence-corrected chi connectivity index (χ1v) is 9.18. The number of hydrogen-bond donors (Lipinski definition) is 0. The van der Waals surface area contributed by atoms with Crippen molar-refractivity contribution in [2.45, 2.75) is 31.9 Å². The normalized spacial score (nSPS) is 24.4. The fraction of sp³-hybridized carbons (Fsp3) is 0.333. The number of hydrogen-bond acceptors (Lipinski definition) is 5. The molecule has 6 nitrogen and oxygen atoms in total. The number of benzene rings is 2.